The van der Waals surface area contributed by atoms with E-state index in [9.17, 15) is 4.79 Å². The molecule has 0 aliphatic carbocycles. The third kappa shape index (κ3) is 6.19. The average molecular weight is 358 g/mol. The van der Waals surface area contributed by atoms with Crippen molar-refractivity contribution in [2.75, 3.05) is 6.61 Å². The molecule has 0 radical (unpaired) electrons. The van der Waals surface area contributed by atoms with Crippen molar-refractivity contribution in [1.82, 2.24) is 0 Å². The molecule has 0 unspecified atom stereocenters. The second-order valence-electron chi connectivity index (χ2n) is 4.14. The topological polar surface area (TPSA) is 26.3 Å². The molecule has 0 aromatic heterocycles. The Labute approximate surface area is 123 Å². The van der Waals surface area contributed by atoms with Gasteiger partial charge in [-0.1, -0.05) is 46.9 Å². The number of hydrogen-bond donors (Lipinski definition) is 0. The van der Waals surface area contributed by atoms with Crippen LogP contribution in [-0.2, 0) is 16.0 Å². The third-order valence-electron chi connectivity index (χ3n) is 2.69. The van der Waals surface area contributed by atoms with E-state index in [0.29, 0.717) is 6.61 Å². The van der Waals surface area contributed by atoms with Gasteiger partial charge in [0.25, 0.3) is 0 Å². The van der Waals surface area contributed by atoms with Crippen LogP contribution in [0.4, 0.5) is 0 Å². The number of ether oxygens (including phenoxy) is 1. The van der Waals surface area contributed by atoms with Crippen molar-refractivity contribution >= 4 is 34.6 Å². The molecule has 0 saturated carbocycles. The first kappa shape index (κ1) is 15.2. The molecule has 2 nitrogen and oxygen atoms in total. The molecule has 1 aromatic carbocycles. The lowest BCUT2D eigenvalue weighted by atomic mass is 10.0. The van der Waals surface area contributed by atoms with Gasteiger partial charge in [-0.3, -0.25) is 4.79 Å². The minimum absolute atomic E-state index is 0.187. The van der Waals surface area contributed by atoms with Crippen LogP contribution < -0.4 is 0 Å². The Balaban J connectivity index is 2.28. The smallest absolute Gasteiger partial charge is 0.302 e. The molecule has 0 spiro atoms. The molecule has 3 heteroatoms. The van der Waals surface area contributed by atoms with Crippen molar-refractivity contribution < 1.29 is 9.53 Å². The first-order valence-corrected chi connectivity index (χ1v) is 7.46. The molecule has 0 fully saturated rings. The Morgan fingerprint density at radius 2 is 2.06 bits per heavy atom. The van der Waals surface area contributed by atoms with Crippen LogP contribution in [-0.4, -0.2) is 12.6 Å². The maximum Gasteiger partial charge on any atom is 0.302 e. The fourth-order valence-corrected chi connectivity index (χ4v) is 2.19. The predicted molar refractivity (Wildman–Crippen MR) is 83.7 cm³/mol. The maximum absolute atomic E-state index is 10.6. The molecular formula is C15H19IO2. The van der Waals surface area contributed by atoms with E-state index >= 15 is 0 Å². The van der Waals surface area contributed by atoms with Gasteiger partial charge < -0.3 is 4.74 Å². The Morgan fingerprint density at radius 3 is 2.78 bits per heavy atom. The van der Waals surface area contributed by atoms with Gasteiger partial charge in [0.1, 0.15) is 0 Å². The van der Waals surface area contributed by atoms with E-state index in [4.69, 9.17) is 4.74 Å². The molecule has 1 aromatic rings. The Kier molecular flexibility index (Phi) is 7.73. The van der Waals surface area contributed by atoms with Crippen molar-refractivity contribution in [2.45, 2.75) is 32.6 Å². The van der Waals surface area contributed by atoms with Gasteiger partial charge in [-0.25, -0.2) is 0 Å². The van der Waals surface area contributed by atoms with E-state index in [1.165, 1.54) is 18.1 Å². The molecule has 0 bridgehead atoms. The number of benzene rings is 1. The van der Waals surface area contributed by atoms with Crippen LogP contribution in [0.5, 0.6) is 0 Å². The quantitative estimate of drug-likeness (QED) is 0.411. The zero-order valence-electron chi connectivity index (χ0n) is 10.7. The van der Waals surface area contributed by atoms with Crippen molar-refractivity contribution in [2.24, 2.45) is 0 Å². The molecule has 0 amide bonds. The van der Waals surface area contributed by atoms with Gasteiger partial charge in [-0.2, -0.15) is 0 Å². The monoisotopic (exact) mass is 358 g/mol. The Bertz CT molecular complexity index is 399. The number of unbranched alkanes of at least 4 members (excludes halogenated alkanes) is 2. The summed E-state index contributed by atoms with van der Waals surface area (Å²) in [4.78, 5) is 10.6. The molecule has 18 heavy (non-hydrogen) atoms. The van der Waals surface area contributed by atoms with Gasteiger partial charge in [0, 0.05) is 6.92 Å². The number of hydrogen-bond acceptors (Lipinski definition) is 2. The lowest BCUT2D eigenvalue weighted by molar-refractivity contribution is -0.141. The van der Waals surface area contributed by atoms with Gasteiger partial charge >= 0.3 is 5.97 Å². The highest BCUT2D eigenvalue weighted by Crippen LogP contribution is 2.15. The van der Waals surface area contributed by atoms with E-state index in [1.807, 2.05) is 4.08 Å². The highest BCUT2D eigenvalue weighted by molar-refractivity contribution is 14.1. The molecule has 0 N–H and O–H groups in total. The van der Waals surface area contributed by atoms with Crippen LogP contribution in [0, 0.1) is 0 Å². The first-order chi connectivity index (χ1) is 8.74. The van der Waals surface area contributed by atoms with Crippen LogP contribution in [0.15, 0.2) is 28.3 Å². The van der Waals surface area contributed by atoms with E-state index in [0.717, 1.165) is 25.7 Å². The highest BCUT2D eigenvalue weighted by Gasteiger charge is 1.99. The molecule has 0 atom stereocenters. The minimum Gasteiger partial charge on any atom is -0.466 e. The molecule has 98 valence electrons. The molecule has 0 aliphatic heterocycles. The van der Waals surface area contributed by atoms with Crippen molar-refractivity contribution in [3.8, 4) is 0 Å². The van der Waals surface area contributed by atoms with Crippen LogP contribution in [0.2, 0.25) is 0 Å². The molecule has 0 aliphatic rings. The van der Waals surface area contributed by atoms with Gasteiger partial charge in [-0.05, 0) is 47.0 Å². The fourth-order valence-electron chi connectivity index (χ4n) is 1.80. The van der Waals surface area contributed by atoms with Gasteiger partial charge in [0.15, 0.2) is 0 Å². The fraction of sp³-hybridized carbons (Fsp3) is 0.400. The van der Waals surface area contributed by atoms with Gasteiger partial charge in [0.05, 0.1) is 6.61 Å². The standard InChI is InChI=1S/C15H19IO2/c1-13(17)18-12-6-2-3-7-14-8-4-5-9-15(14)10-11-16/h4-5,8-11H,2-3,6-7,12H2,1H3/b11-10-. The SMILES string of the molecule is CC(=O)OCCCCCc1ccccc1/C=C\I. The summed E-state index contributed by atoms with van der Waals surface area (Å²) in [5, 5.41) is 0. The zero-order chi connectivity index (χ0) is 13.2. The zero-order valence-corrected chi connectivity index (χ0v) is 12.9. The van der Waals surface area contributed by atoms with E-state index in [1.54, 1.807) is 0 Å². The Morgan fingerprint density at radius 1 is 1.28 bits per heavy atom. The first-order valence-electron chi connectivity index (χ1n) is 6.22. The predicted octanol–water partition coefficient (Wildman–Crippen LogP) is 4.37. The summed E-state index contributed by atoms with van der Waals surface area (Å²) in [6.07, 6.45) is 6.39. The summed E-state index contributed by atoms with van der Waals surface area (Å²) in [5.74, 6) is -0.187. The number of rotatable bonds is 7. The van der Waals surface area contributed by atoms with Crippen LogP contribution >= 0.6 is 22.6 Å². The van der Waals surface area contributed by atoms with E-state index in [2.05, 4.69) is 52.9 Å². The van der Waals surface area contributed by atoms with Crippen molar-refractivity contribution in [3.05, 3.63) is 39.5 Å². The second kappa shape index (κ2) is 9.14. The lowest BCUT2D eigenvalue weighted by Crippen LogP contribution is -2.00. The second-order valence-corrected chi connectivity index (χ2v) is 4.86. The van der Waals surface area contributed by atoms with E-state index in [-0.39, 0.29) is 5.97 Å². The number of esters is 1. The lowest BCUT2D eigenvalue weighted by Gasteiger charge is -2.06. The number of halogens is 1. The van der Waals surface area contributed by atoms with Crippen molar-refractivity contribution in [1.29, 1.82) is 0 Å². The van der Waals surface area contributed by atoms with Gasteiger partial charge in [-0.15, -0.1) is 0 Å². The number of carbonyl (C=O) groups is 1. The minimum atomic E-state index is -0.187. The summed E-state index contributed by atoms with van der Waals surface area (Å²) in [7, 11) is 0. The summed E-state index contributed by atoms with van der Waals surface area (Å²) in [5.41, 5.74) is 2.68. The summed E-state index contributed by atoms with van der Waals surface area (Å²) in [6, 6.07) is 8.47. The van der Waals surface area contributed by atoms with E-state index < -0.39 is 0 Å². The van der Waals surface area contributed by atoms with Crippen LogP contribution in [0.3, 0.4) is 0 Å². The van der Waals surface area contributed by atoms with Crippen LogP contribution in [0.1, 0.15) is 37.3 Å². The summed E-state index contributed by atoms with van der Waals surface area (Å²) >= 11 is 2.24. The molecule has 0 heterocycles. The highest BCUT2D eigenvalue weighted by atomic mass is 127. The Hall–Kier alpha value is -0.840. The normalized spacial score (nSPS) is 10.8. The largest absolute Gasteiger partial charge is 0.466 e. The number of carbonyl (C=O) groups excluding carboxylic acids is 1. The van der Waals surface area contributed by atoms with Gasteiger partial charge in [0.2, 0.25) is 0 Å². The van der Waals surface area contributed by atoms with Crippen LogP contribution in [0.25, 0.3) is 6.08 Å². The third-order valence-corrected chi connectivity index (χ3v) is 3.05. The number of aryl methyl sites for hydroxylation is 1. The molecule has 0 saturated heterocycles. The maximum atomic E-state index is 10.6. The van der Waals surface area contributed by atoms with Crippen molar-refractivity contribution in [3.63, 3.8) is 0 Å². The average Bonchev–Trinajstić information content (AvgIpc) is 2.35. The summed E-state index contributed by atoms with van der Waals surface area (Å²) < 4.78 is 6.94. The summed E-state index contributed by atoms with van der Waals surface area (Å²) in [6.45, 7) is 2.00. The molecule has 1 rings (SSSR count). The molecular weight excluding hydrogens is 339 g/mol.